The Bertz CT molecular complexity index is 564. The Morgan fingerprint density at radius 2 is 2.10 bits per heavy atom. The number of aromatic carboxylic acids is 1. The van der Waals surface area contributed by atoms with Crippen molar-refractivity contribution in [2.45, 2.75) is 13.0 Å². The van der Waals surface area contributed by atoms with Gasteiger partial charge in [0.15, 0.2) is 0 Å². The smallest absolute Gasteiger partial charge is 0.339 e. The SMILES string of the molecule is CC1CN(C(=O)Nc2cccc(Cl)c2C(=O)O)CCN1C. The number of carbonyl (C=O) groups excluding carboxylic acids is 1. The van der Waals surface area contributed by atoms with Gasteiger partial charge in [0.1, 0.15) is 5.56 Å². The molecule has 0 aliphatic carbocycles. The number of carboxylic acids is 1. The summed E-state index contributed by atoms with van der Waals surface area (Å²) in [5.74, 6) is -1.16. The Morgan fingerprint density at radius 3 is 2.71 bits per heavy atom. The maximum atomic E-state index is 12.3. The predicted octanol–water partition coefficient (Wildman–Crippen LogP) is 2.21. The number of hydrogen-bond acceptors (Lipinski definition) is 3. The van der Waals surface area contributed by atoms with Crippen molar-refractivity contribution >= 4 is 29.3 Å². The maximum absolute atomic E-state index is 12.3. The summed E-state index contributed by atoms with van der Waals surface area (Å²) in [6, 6.07) is 4.59. The van der Waals surface area contributed by atoms with Gasteiger partial charge in [-0.25, -0.2) is 9.59 Å². The van der Waals surface area contributed by atoms with Crippen LogP contribution in [0.1, 0.15) is 17.3 Å². The lowest BCUT2D eigenvalue weighted by Crippen LogP contribution is -2.53. The molecule has 2 amide bonds. The Morgan fingerprint density at radius 1 is 1.38 bits per heavy atom. The standard InChI is InChI=1S/C14H18ClN3O3/c1-9-8-18(7-6-17(9)2)14(21)16-11-5-3-4-10(15)12(11)13(19)20/h3-5,9H,6-8H2,1-2H3,(H,16,21)(H,19,20). The minimum absolute atomic E-state index is 0.0882. The topological polar surface area (TPSA) is 72.9 Å². The van der Waals surface area contributed by atoms with E-state index in [0.29, 0.717) is 13.1 Å². The zero-order valence-corrected chi connectivity index (χ0v) is 12.7. The fraction of sp³-hybridized carbons (Fsp3) is 0.429. The van der Waals surface area contributed by atoms with Crippen LogP contribution in [0.15, 0.2) is 18.2 Å². The molecular weight excluding hydrogens is 294 g/mol. The largest absolute Gasteiger partial charge is 0.478 e. The molecule has 0 bridgehead atoms. The monoisotopic (exact) mass is 311 g/mol. The number of amides is 2. The number of nitrogens with one attached hydrogen (secondary N) is 1. The number of carboxylic acid groups (broad SMARTS) is 1. The van der Waals surface area contributed by atoms with E-state index in [9.17, 15) is 14.7 Å². The van der Waals surface area contributed by atoms with Gasteiger partial charge in [-0.3, -0.25) is 0 Å². The van der Waals surface area contributed by atoms with E-state index < -0.39 is 5.97 Å². The summed E-state index contributed by atoms with van der Waals surface area (Å²) in [6.45, 7) is 4.04. The maximum Gasteiger partial charge on any atom is 0.339 e. The molecule has 1 aliphatic heterocycles. The third kappa shape index (κ3) is 3.46. The Hall–Kier alpha value is -1.79. The van der Waals surface area contributed by atoms with E-state index in [4.69, 9.17) is 11.6 Å². The quantitative estimate of drug-likeness (QED) is 0.878. The van der Waals surface area contributed by atoms with Crippen LogP contribution in [0.2, 0.25) is 5.02 Å². The van der Waals surface area contributed by atoms with Crippen LogP contribution in [-0.2, 0) is 0 Å². The zero-order valence-electron chi connectivity index (χ0n) is 12.0. The fourth-order valence-electron chi connectivity index (χ4n) is 2.27. The zero-order chi connectivity index (χ0) is 15.6. The van der Waals surface area contributed by atoms with Crippen LogP contribution in [0.3, 0.4) is 0 Å². The molecule has 6 nitrogen and oxygen atoms in total. The van der Waals surface area contributed by atoms with E-state index in [1.165, 1.54) is 12.1 Å². The first kappa shape index (κ1) is 15.6. The second-order valence-corrected chi connectivity index (χ2v) is 5.58. The molecule has 1 heterocycles. The van der Waals surface area contributed by atoms with Gasteiger partial charge in [0.25, 0.3) is 0 Å². The Labute approximate surface area is 128 Å². The number of halogens is 1. The number of urea groups is 1. The van der Waals surface area contributed by atoms with Crippen molar-refractivity contribution in [3.8, 4) is 0 Å². The van der Waals surface area contributed by atoms with Gasteiger partial charge in [0.05, 0.1) is 10.7 Å². The minimum Gasteiger partial charge on any atom is -0.478 e. The molecular formula is C14H18ClN3O3. The van der Waals surface area contributed by atoms with Crippen LogP contribution in [0, 0.1) is 0 Å². The number of anilines is 1. The summed E-state index contributed by atoms with van der Waals surface area (Å²) >= 11 is 5.88. The molecule has 2 rings (SSSR count). The summed E-state index contributed by atoms with van der Waals surface area (Å²) in [7, 11) is 2.01. The third-order valence-corrected chi connectivity index (χ3v) is 4.03. The number of carbonyl (C=O) groups is 2. The first-order valence-corrected chi connectivity index (χ1v) is 7.06. The molecule has 1 aromatic carbocycles. The molecule has 1 aromatic rings. The fourth-order valence-corrected chi connectivity index (χ4v) is 2.53. The summed E-state index contributed by atoms with van der Waals surface area (Å²) in [4.78, 5) is 27.4. The number of piperazine rings is 1. The second-order valence-electron chi connectivity index (χ2n) is 5.17. The molecule has 0 saturated carbocycles. The predicted molar refractivity (Wildman–Crippen MR) is 81.1 cm³/mol. The van der Waals surface area contributed by atoms with Crippen molar-refractivity contribution in [2.24, 2.45) is 0 Å². The molecule has 1 aliphatic rings. The van der Waals surface area contributed by atoms with Gasteiger partial charge in [-0.05, 0) is 26.1 Å². The van der Waals surface area contributed by atoms with Crippen LogP contribution in [0.4, 0.5) is 10.5 Å². The molecule has 2 N–H and O–H groups in total. The number of hydrogen-bond donors (Lipinski definition) is 2. The van der Waals surface area contributed by atoms with E-state index in [0.717, 1.165) is 6.54 Å². The number of likely N-dealkylation sites (N-methyl/N-ethyl adjacent to an activating group) is 1. The Balaban J connectivity index is 2.13. The van der Waals surface area contributed by atoms with Gasteiger partial charge in [-0.15, -0.1) is 0 Å². The molecule has 0 aromatic heterocycles. The number of nitrogens with zero attached hydrogens (tertiary/aromatic N) is 2. The average molecular weight is 312 g/mol. The highest BCUT2D eigenvalue weighted by atomic mass is 35.5. The van der Waals surface area contributed by atoms with Gasteiger partial charge in [-0.1, -0.05) is 17.7 Å². The third-order valence-electron chi connectivity index (χ3n) is 3.72. The second kappa shape index (κ2) is 6.32. The van der Waals surface area contributed by atoms with Gasteiger partial charge in [0.2, 0.25) is 0 Å². The summed E-state index contributed by atoms with van der Waals surface area (Å²) in [5, 5.41) is 11.9. The van der Waals surface area contributed by atoms with Crippen LogP contribution in [0.5, 0.6) is 0 Å². The average Bonchev–Trinajstić information content (AvgIpc) is 2.41. The molecule has 1 unspecified atom stereocenters. The molecule has 21 heavy (non-hydrogen) atoms. The van der Waals surface area contributed by atoms with Crippen molar-refractivity contribution in [2.75, 3.05) is 32.0 Å². The summed E-state index contributed by atoms with van der Waals surface area (Å²) in [5.41, 5.74) is 0.126. The summed E-state index contributed by atoms with van der Waals surface area (Å²) in [6.07, 6.45) is 0. The van der Waals surface area contributed by atoms with E-state index in [1.54, 1.807) is 11.0 Å². The van der Waals surface area contributed by atoms with Crippen LogP contribution < -0.4 is 5.32 Å². The van der Waals surface area contributed by atoms with Gasteiger partial charge >= 0.3 is 12.0 Å². The highest BCUT2D eigenvalue weighted by Crippen LogP contribution is 2.24. The normalized spacial score (nSPS) is 19.4. The lowest BCUT2D eigenvalue weighted by atomic mass is 10.1. The number of benzene rings is 1. The highest BCUT2D eigenvalue weighted by molar-refractivity contribution is 6.34. The van der Waals surface area contributed by atoms with Crippen molar-refractivity contribution in [1.82, 2.24) is 9.80 Å². The van der Waals surface area contributed by atoms with Crippen molar-refractivity contribution in [3.63, 3.8) is 0 Å². The molecule has 7 heteroatoms. The van der Waals surface area contributed by atoms with E-state index >= 15 is 0 Å². The minimum atomic E-state index is -1.16. The van der Waals surface area contributed by atoms with E-state index in [2.05, 4.69) is 10.2 Å². The van der Waals surface area contributed by atoms with Gasteiger partial charge in [-0.2, -0.15) is 0 Å². The van der Waals surface area contributed by atoms with Crippen molar-refractivity contribution in [1.29, 1.82) is 0 Å². The van der Waals surface area contributed by atoms with Crippen molar-refractivity contribution in [3.05, 3.63) is 28.8 Å². The molecule has 1 fully saturated rings. The first-order valence-electron chi connectivity index (χ1n) is 6.68. The lowest BCUT2D eigenvalue weighted by molar-refractivity contribution is 0.0698. The van der Waals surface area contributed by atoms with Crippen LogP contribution in [-0.4, -0.2) is 59.6 Å². The van der Waals surface area contributed by atoms with Gasteiger partial charge < -0.3 is 20.2 Å². The molecule has 1 atom stereocenters. The lowest BCUT2D eigenvalue weighted by Gasteiger charge is -2.37. The summed E-state index contributed by atoms with van der Waals surface area (Å²) < 4.78 is 0. The van der Waals surface area contributed by atoms with Gasteiger partial charge in [0, 0.05) is 25.7 Å². The van der Waals surface area contributed by atoms with Crippen molar-refractivity contribution < 1.29 is 14.7 Å². The molecule has 0 radical (unpaired) electrons. The van der Waals surface area contributed by atoms with E-state index in [1.807, 2.05) is 14.0 Å². The van der Waals surface area contributed by atoms with E-state index in [-0.39, 0.29) is 28.3 Å². The molecule has 1 saturated heterocycles. The molecule has 114 valence electrons. The molecule has 0 spiro atoms. The highest BCUT2D eigenvalue weighted by Gasteiger charge is 2.25. The number of rotatable bonds is 2. The Kier molecular flexibility index (Phi) is 4.69. The first-order chi connectivity index (χ1) is 9.90. The van der Waals surface area contributed by atoms with Crippen LogP contribution >= 0.6 is 11.6 Å². The van der Waals surface area contributed by atoms with Crippen LogP contribution in [0.25, 0.3) is 0 Å².